The van der Waals surface area contributed by atoms with Gasteiger partial charge < -0.3 is 21.2 Å². The molecule has 0 saturated carbocycles. The van der Waals surface area contributed by atoms with Crippen LogP contribution in [0.2, 0.25) is 0 Å². The normalized spacial score (nSPS) is 10.0. The number of nitrogens with two attached hydrogens (primary N) is 1. The molecule has 1 aromatic carbocycles. The van der Waals surface area contributed by atoms with E-state index in [-0.39, 0.29) is 0 Å². The number of pyridine rings is 1. The van der Waals surface area contributed by atoms with E-state index in [0.717, 1.165) is 15.7 Å². The van der Waals surface area contributed by atoms with Crippen molar-refractivity contribution >= 4 is 33.6 Å². The van der Waals surface area contributed by atoms with Crippen molar-refractivity contribution in [1.82, 2.24) is 4.98 Å². The largest absolute Gasteiger partial charge is 0.455 e. The SMILES string of the molecule is CNc1cc(Br)c(Oc2ccc(N)nc2)cc1C=N. The Morgan fingerprint density at radius 1 is 1.42 bits per heavy atom. The highest BCUT2D eigenvalue weighted by molar-refractivity contribution is 9.10. The highest BCUT2D eigenvalue weighted by Gasteiger charge is 2.08. The topological polar surface area (TPSA) is 84.0 Å². The molecule has 1 heterocycles. The number of aromatic nitrogens is 1. The molecule has 19 heavy (non-hydrogen) atoms. The van der Waals surface area contributed by atoms with Crippen LogP contribution in [0, 0.1) is 5.41 Å². The number of ether oxygens (including phenoxy) is 1. The van der Waals surface area contributed by atoms with Crippen molar-refractivity contribution in [2.75, 3.05) is 18.1 Å². The molecule has 0 bridgehead atoms. The Labute approximate surface area is 119 Å². The van der Waals surface area contributed by atoms with Crippen LogP contribution in [-0.2, 0) is 0 Å². The fourth-order valence-electron chi connectivity index (χ4n) is 1.56. The van der Waals surface area contributed by atoms with E-state index in [1.54, 1.807) is 31.4 Å². The van der Waals surface area contributed by atoms with Gasteiger partial charge in [-0.2, -0.15) is 0 Å². The van der Waals surface area contributed by atoms with Gasteiger partial charge in [0.15, 0.2) is 0 Å². The van der Waals surface area contributed by atoms with Crippen molar-refractivity contribution in [1.29, 1.82) is 5.41 Å². The first kappa shape index (κ1) is 13.4. The first-order valence-corrected chi connectivity index (χ1v) is 6.34. The van der Waals surface area contributed by atoms with E-state index in [9.17, 15) is 0 Å². The van der Waals surface area contributed by atoms with Crippen molar-refractivity contribution in [2.45, 2.75) is 0 Å². The number of benzene rings is 1. The minimum Gasteiger partial charge on any atom is -0.455 e. The van der Waals surface area contributed by atoms with E-state index in [1.165, 1.54) is 6.21 Å². The predicted molar refractivity (Wildman–Crippen MR) is 80.3 cm³/mol. The average Bonchev–Trinajstić information content (AvgIpc) is 2.43. The second-order valence-corrected chi connectivity index (χ2v) is 4.64. The van der Waals surface area contributed by atoms with Gasteiger partial charge in [-0.05, 0) is 40.2 Å². The van der Waals surface area contributed by atoms with Gasteiger partial charge in [0, 0.05) is 24.5 Å². The smallest absolute Gasteiger partial charge is 0.145 e. The maximum Gasteiger partial charge on any atom is 0.145 e. The molecular weight excluding hydrogens is 308 g/mol. The van der Waals surface area contributed by atoms with E-state index >= 15 is 0 Å². The van der Waals surface area contributed by atoms with E-state index in [0.29, 0.717) is 17.3 Å². The van der Waals surface area contributed by atoms with Gasteiger partial charge in [0.2, 0.25) is 0 Å². The summed E-state index contributed by atoms with van der Waals surface area (Å²) in [5.74, 6) is 1.64. The second-order valence-electron chi connectivity index (χ2n) is 3.79. The van der Waals surface area contributed by atoms with E-state index in [2.05, 4.69) is 26.2 Å². The predicted octanol–water partition coefficient (Wildman–Crippen LogP) is 3.26. The number of halogens is 1. The summed E-state index contributed by atoms with van der Waals surface area (Å²) in [7, 11) is 1.80. The Bertz CT molecular complexity index is 598. The summed E-state index contributed by atoms with van der Waals surface area (Å²) >= 11 is 3.44. The highest BCUT2D eigenvalue weighted by Crippen LogP contribution is 2.33. The summed E-state index contributed by atoms with van der Waals surface area (Å²) in [4.78, 5) is 3.96. The van der Waals surface area contributed by atoms with Crippen LogP contribution < -0.4 is 15.8 Å². The van der Waals surface area contributed by atoms with E-state index < -0.39 is 0 Å². The quantitative estimate of drug-likeness (QED) is 0.755. The number of anilines is 2. The van der Waals surface area contributed by atoms with Gasteiger partial charge in [0.1, 0.15) is 17.3 Å². The molecule has 2 aromatic rings. The molecule has 0 atom stereocenters. The Morgan fingerprint density at radius 2 is 2.21 bits per heavy atom. The van der Waals surface area contributed by atoms with Crippen LogP contribution in [0.3, 0.4) is 0 Å². The third-order valence-corrected chi connectivity index (χ3v) is 3.14. The molecule has 98 valence electrons. The fourth-order valence-corrected chi connectivity index (χ4v) is 1.99. The lowest BCUT2D eigenvalue weighted by molar-refractivity contribution is 0.477. The van der Waals surface area contributed by atoms with Gasteiger partial charge in [-0.25, -0.2) is 4.98 Å². The lowest BCUT2D eigenvalue weighted by Crippen LogP contribution is -1.97. The minimum absolute atomic E-state index is 0.442. The van der Waals surface area contributed by atoms with Crippen LogP contribution in [0.15, 0.2) is 34.9 Å². The van der Waals surface area contributed by atoms with Gasteiger partial charge in [0.25, 0.3) is 0 Å². The molecule has 0 fully saturated rings. The van der Waals surface area contributed by atoms with Crippen LogP contribution >= 0.6 is 15.9 Å². The number of hydrogen-bond acceptors (Lipinski definition) is 5. The molecule has 4 N–H and O–H groups in total. The fraction of sp³-hybridized carbons (Fsp3) is 0.0769. The van der Waals surface area contributed by atoms with Gasteiger partial charge >= 0.3 is 0 Å². The maximum atomic E-state index is 7.40. The monoisotopic (exact) mass is 320 g/mol. The number of nitrogens with one attached hydrogen (secondary N) is 2. The maximum absolute atomic E-state index is 7.40. The molecule has 0 aliphatic heterocycles. The number of nitrogens with zero attached hydrogens (tertiary/aromatic N) is 1. The van der Waals surface area contributed by atoms with Crippen molar-refractivity contribution in [3.8, 4) is 11.5 Å². The van der Waals surface area contributed by atoms with Crippen molar-refractivity contribution in [2.24, 2.45) is 0 Å². The molecule has 0 spiro atoms. The Balaban J connectivity index is 2.34. The zero-order chi connectivity index (χ0) is 13.8. The van der Waals surface area contributed by atoms with Crippen molar-refractivity contribution < 1.29 is 4.74 Å². The summed E-state index contributed by atoms with van der Waals surface area (Å²) in [6, 6.07) is 7.05. The second kappa shape index (κ2) is 5.71. The van der Waals surface area contributed by atoms with Crippen LogP contribution in [0.25, 0.3) is 0 Å². The van der Waals surface area contributed by atoms with Gasteiger partial charge in [-0.1, -0.05) is 0 Å². The van der Waals surface area contributed by atoms with E-state index in [4.69, 9.17) is 15.9 Å². The Kier molecular flexibility index (Phi) is 4.01. The molecule has 0 radical (unpaired) electrons. The summed E-state index contributed by atoms with van der Waals surface area (Å²) in [6.45, 7) is 0. The lowest BCUT2D eigenvalue weighted by Gasteiger charge is -2.11. The average molecular weight is 321 g/mol. The Morgan fingerprint density at radius 3 is 2.79 bits per heavy atom. The Hall–Kier alpha value is -2.08. The van der Waals surface area contributed by atoms with Gasteiger partial charge in [-0.15, -0.1) is 0 Å². The minimum atomic E-state index is 0.442. The summed E-state index contributed by atoms with van der Waals surface area (Å²) < 4.78 is 6.50. The molecule has 0 aliphatic carbocycles. The molecule has 0 aliphatic rings. The van der Waals surface area contributed by atoms with Crippen LogP contribution in [0.1, 0.15) is 5.56 Å². The van der Waals surface area contributed by atoms with Gasteiger partial charge in [-0.3, -0.25) is 0 Å². The molecule has 0 amide bonds. The molecule has 6 heteroatoms. The molecule has 1 aromatic heterocycles. The summed E-state index contributed by atoms with van der Waals surface area (Å²) in [5.41, 5.74) is 7.11. The number of rotatable bonds is 4. The summed E-state index contributed by atoms with van der Waals surface area (Å²) in [6.07, 6.45) is 2.82. The third kappa shape index (κ3) is 3.03. The molecule has 0 unspecified atom stereocenters. The number of hydrogen-bond donors (Lipinski definition) is 3. The van der Waals surface area contributed by atoms with Crippen molar-refractivity contribution in [3.05, 3.63) is 40.5 Å². The number of nitrogen functional groups attached to an aromatic ring is 1. The highest BCUT2D eigenvalue weighted by atomic mass is 79.9. The van der Waals surface area contributed by atoms with E-state index in [1.807, 2.05) is 6.07 Å². The lowest BCUT2D eigenvalue weighted by atomic mass is 10.2. The standard InChI is InChI=1S/C13H13BrN4O/c1-17-11-5-10(14)12(4-8(11)6-15)19-9-2-3-13(16)18-7-9/h2-7,15,17H,1H3,(H2,16,18). The zero-order valence-corrected chi connectivity index (χ0v) is 11.9. The molecule has 2 rings (SSSR count). The van der Waals surface area contributed by atoms with Crippen LogP contribution in [0.4, 0.5) is 11.5 Å². The van der Waals surface area contributed by atoms with Crippen LogP contribution in [0.5, 0.6) is 11.5 Å². The van der Waals surface area contributed by atoms with Crippen LogP contribution in [-0.4, -0.2) is 18.2 Å². The molecule has 5 nitrogen and oxygen atoms in total. The first-order chi connectivity index (χ1) is 9.13. The molecule has 0 saturated heterocycles. The molecular formula is C13H13BrN4O. The third-order valence-electron chi connectivity index (χ3n) is 2.52. The van der Waals surface area contributed by atoms with Gasteiger partial charge in [0.05, 0.1) is 10.7 Å². The first-order valence-electron chi connectivity index (χ1n) is 5.55. The zero-order valence-electron chi connectivity index (χ0n) is 10.3. The summed E-state index contributed by atoms with van der Waals surface area (Å²) in [5, 5.41) is 10.4. The van der Waals surface area contributed by atoms with Crippen molar-refractivity contribution in [3.63, 3.8) is 0 Å².